The van der Waals surface area contributed by atoms with Crippen LogP contribution in [0.3, 0.4) is 0 Å². The van der Waals surface area contributed by atoms with E-state index in [1.54, 1.807) is 11.3 Å². The third kappa shape index (κ3) is 3.86. The van der Waals surface area contributed by atoms with E-state index in [4.69, 9.17) is 8.94 Å². The maximum absolute atomic E-state index is 5.87. The summed E-state index contributed by atoms with van der Waals surface area (Å²) in [5.74, 6) is 2.96. The predicted molar refractivity (Wildman–Crippen MR) is 113 cm³/mol. The Bertz CT molecular complexity index is 1150. The fraction of sp³-hybridized carbons (Fsp3) is 0.333. The Hall–Kier alpha value is -2.45. The molecule has 0 N–H and O–H groups in total. The number of hydrogen-bond donors (Lipinski definition) is 0. The molecule has 0 saturated heterocycles. The lowest BCUT2D eigenvalue weighted by atomic mass is 9.90. The second-order valence-electron chi connectivity index (χ2n) is 7.40. The van der Waals surface area contributed by atoms with Gasteiger partial charge in [0.25, 0.3) is 11.1 Å². The van der Waals surface area contributed by atoms with E-state index in [2.05, 4.69) is 33.3 Å². The van der Waals surface area contributed by atoms with E-state index < -0.39 is 0 Å². The molecule has 0 amide bonds. The van der Waals surface area contributed by atoms with Gasteiger partial charge in [-0.05, 0) is 49.3 Å². The van der Waals surface area contributed by atoms with Crippen LogP contribution in [0.4, 0.5) is 0 Å². The molecule has 4 aromatic rings. The zero-order chi connectivity index (χ0) is 19.8. The minimum Gasteiger partial charge on any atom is -0.410 e. The molecule has 1 atom stereocenters. The lowest BCUT2D eigenvalue weighted by molar-refractivity contribution is 0.391. The molecule has 1 aliphatic carbocycles. The molecule has 5 rings (SSSR count). The zero-order valence-electron chi connectivity index (χ0n) is 16.2. The largest absolute Gasteiger partial charge is 0.410 e. The SMILES string of the molecule is Cc1ccccc1-c1noc(CSc2nnc(-c3cc4c(s3)CC[C@H](C)C4)o2)n1. The highest BCUT2D eigenvalue weighted by Gasteiger charge is 2.21. The number of aryl methyl sites for hydroxylation is 2. The van der Waals surface area contributed by atoms with Gasteiger partial charge in [0, 0.05) is 10.4 Å². The van der Waals surface area contributed by atoms with Gasteiger partial charge in [0.15, 0.2) is 0 Å². The van der Waals surface area contributed by atoms with Gasteiger partial charge in [0.05, 0.1) is 10.6 Å². The molecule has 0 fully saturated rings. The number of fused-ring (bicyclic) bond motifs is 1. The van der Waals surface area contributed by atoms with Crippen LogP contribution in [0.2, 0.25) is 0 Å². The average Bonchev–Trinajstić information content (AvgIpc) is 3.45. The first-order valence-electron chi connectivity index (χ1n) is 9.62. The van der Waals surface area contributed by atoms with Crippen molar-refractivity contribution in [3.63, 3.8) is 0 Å². The second kappa shape index (κ2) is 7.76. The standard InChI is InChI=1S/C21H20N4O2S2/c1-12-7-8-16-14(9-12)10-17(29-16)20-23-24-21(26-20)28-11-18-22-19(25-27-18)15-6-4-3-5-13(15)2/h3-6,10,12H,7-9,11H2,1-2H3/t12-/m0/s1. The number of hydrogen-bond acceptors (Lipinski definition) is 8. The summed E-state index contributed by atoms with van der Waals surface area (Å²) >= 11 is 3.18. The molecular formula is C21H20N4O2S2. The highest BCUT2D eigenvalue weighted by Crippen LogP contribution is 2.37. The first-order valence-corrected chi connectivity index (χ1v) is 11.4. The van der Waals surface area contributed by atoms with Crippen molar-refractivity contribution in [2.75, 3.05) is 0 Å². The summed E-state index contributed by atoms with van der Waals surface area (Å²) in [5.41, 5.74) is 3.52. The van der Waals surface area contributed by atoms with Gasteiger partial charge in [-0.2, -0.15) is 4.98 Å². The van der Waals surface area contributed by atoms with Crippen LogP contribution < -0.4 is 0 Å². The van der Waals surface area contributed by atoms with Crippen LogP contribution >= 0.6 is 23.1 Å². The van der Waals surface area contributed by atoms with Gasteiger partial charge in [-0.15, -0.1) is 21.5 Å². The van der Waals surface area contributed by atoms with E-state index in [0.717, 1.165) is 34.8 Å². The Morgan fingerprint density at radius 1 is 1.24 bits per heavy atom. The summed E-state index contributed by atoms with van der Waals surface area (Å²) in [4.78, 5) is 7.00. The maximum Gasteiger partial charge on any atom is 0.277 e. The summed E-state index contributed by atoms with van der Waals surface area (Å²) in [5, 5.41) is 13.0. The van der Waals surface area contributed by atoms with Crippen molar-refractivity contribution in [3.05, 3.63) is 52.2 Å². The first-order chi connectivity index (χ1) is 14.2. The Morgan fingerprint density at radius 2 is 2.14 bits per heavy atom. The second-order valence-corrected chi connectivity index (χ2v) is 9.46. The Labute approximate surface area is 176 Å². The summed E-state index contributed by atoms with van der Waals surface area (Å²) in [6.45, 7) is 4.34. The number of aromatic nitrogens is 4. The molecular weight excluding hydrogens is 404 g/mol. The molecule has 3 aromatic heterocycles. The van der Waals surface area contributed by atoms with Crippen molar-refractivity contribution in [2.45, 2.75) is 44.1 Å². The molecule has 0 radical (unpaired) electrons. The number of thioether (sulfide) groups is 1. The Kier molecular flexibility index (Phi) is 4.97. The smallest absolute Gasteiger partial charge is 0.277 e. The maximum atomic E-state index is 5.87. The van der Waals surface area contributed by atoms with Crippen LogP contribution in [-0.2, 0) is 18.6 Å². The van der Waals surface area contributed by atoms with E-state index in [1.165, 1.54) is 28.6 Å². The van der Waals surface area contributed by atoms with E-state index in [1.807, 2.05) is 31.2 Å². The van der Waals surface area contributed by atoms with Gasteiger partial charge in [0.2, 0.25) is 11.7 Å². The van der Waals surface area contributed by atoms with Crippen molar-refractivity contribution in [1.82, 2.24) is 20.3 Å². The van der Waals surface area contributed by atoms with Gasteiger partial charge in [-0.1, -0.05) is 48.1 Å². The fourth-order valence-electron chi connectivity index (χ4n) is 3.55. The minimum atomic E-state index is 0.485. The topological polar surface area (TPSA) is 77.8 Å². The van der Waals surface area contributed by atoms with Crippen LogP contribution in [0.15, 0.2) is 44.5 Å². The van der Waals surface area contributed by atoms with E-state index in [-0.39, 0.29) is 0 Å². The molecule has 1 aliphatic rings. The van der Waals surface area contributed by atoms with Crippen LogP contribution in [0.25, 0.3) is 22.2 Å². The summed E-state index contributed by atoms with van der Waals surface area (Å²) in [6, 6.07) is 10.2. The van der Waals surface area contributed by atoms with Crippen LogP contribution in [0.1, 0.15) is 35.2 Å². The number of benzene rings is 1. The molecule has 0 unspecified atom stereocenters. The Morgan fingerprint density at radius 3 is 3.03 bits per heavy atom. The summed E-state index contributed by atoms with van der Waals surface area (Å²) in [6.07, 6.45) is 3.55. The molecule has 0 bridgehead atoms. The molecule has 0 aliphatic heterocycles. The van der Waals surface area contributed by atoms with Crippen LogP contribution in [0, 0.1) is 12.8 Å². The molecule has 6 nitrogen and oxygen atoms in total. The zero-order valence-corrected chi connectivity index (χ0v) is 17.8. The Balaban J connectivity index is 1.26. The lowest BCUT2D eigenvalue weighted by Gasteiger charge is -2.16. The fourth-order valence-corrected chi connectivity index (χ4v) is 5.28. The van der Waals surface area contributed by atoms with Crippen molar-refractivity contribution in [1.29, 1.82) is 0 Å². The van der Waals surface area contributed by atoms with Gasteiger partial charge in [-0.25, -0.2) is 0 Å². The van der Waals surface area contributed by atoms with Crippen LogP contribution in [-0.4, -0.2) is 20.3 Å². The quantitative estimate of drug-likeness (QED) is 0.387. The molecule has 148 valence electrons. The number of thiophene rings is 1. The highest BCUT2D eigenvalue weighted by atomic mass is 32.2. The molecule has 0 saturated carbocycles. The van der Waals surface area contributed by atoms with Crippen molar-refractivity contribution < 1.29 is 8.94 Å². The molecule has 3 heterocycles. The minimum absolute atomic E-state index is 0.485. The summed E-state index contributed by atoms with van der Waals surface area (Å²) < 4.78 is 11.3. The molecule has 8 heteroatoms. The summed E-state index contributed by atoms with van der Waals surface area (Å²) in [7, 11) is 0. The number of rotatable bonds is 5. The van der Waals surface area contributed by atoms with Crippen molar-refractivity contribution in [3.8, 4) is 22.2 Å². The third-order valence-corrected chi connectivity index (χ3v) is 7.15. The van der Waals surface area contributed by atoms with Crippen molar-refractivity contribution in [2.24, 2.45) is 5.92 Å². The number of nitrogens with zero attached hydrogens (tertiary/aromatic N) is 4. The normalized spacial score (nSPS) is 16.1. The third-order valence-electron chi connectivity index (χ3n) is 5.12. The van der Waals surface area contributed by atoms with Gasteiger partial charge >= 0.3 is 0 Å². The van der Waals surface area contributed by atoms with Gasteiger partial charge in [0.1, 0.15) is 0 Å². The predicted octanol–water partition coefficient (Wildman–Crippen LogP) is 5.57. The first kappa shape index (κ1) is 18.6. The lowest BCUT2D eigenvalue weighted by Crippen LogP contribution is -2.07. The van der Waals surface area contributed by atoms with E-state index in [9.17, 15) is 0 Å². The average molecular weight is 425 g/mol. The molecule has 29 heavy (non-hydrogen) atoms. The monoisotopic (exact) mass is 424 g/mol. The van der Waals surface area contributed by atoms with Crippen LogP contribution in [0.5, 0.6) is 0 Å². The molecule has 1 aromatic carbocycles. The molecule has 0 spiro atoms. The van der Waals surface area contributed by atoms with Gasteiger partial charge < -0.3 is 8.94 Å². The highest BCUT2D eigenvalue weighted by molar-refractivity contribution is 7.98. The van der Waals surface area contributed by atoms with E-state index in [0.29, 0.717) is 28.6 Å². The van der Waals surface area contributed by atoms with Gasteiger partial charge in [-0.3, -0.25) is 0 Å². The van der Waals surface area contributed by atoms with E-state index >= 15 is 0 Å². The van der Waals surface area contributed by atoms with Crippen molar-refractivity contribution >= 4 is 23.1 Å².